The second-order valence-corrected chi connectivity index (χ2v) is 7.33. The Kier molecular flexibility index (Phi) is 3.96. The van der Waals surface area contributed by atoms with E-state index < -0.39 is 10.0 Å². The van der Waals surface area contributed by atoms with Crippen molar-refractivity contribution in [3.05, 3.63) is 0 Å². The minimum absolute atomic E-state index is 0.147. The monoisotopic (exact) mass is 274 g/mol. The zero-order valence-electron chi connectivity index (χ0n) is 11.1. The lowest BCUT2D eigenvalue weighted by molar-refractivity contribution is -0.137. The molecule has 0 saturated carbocycles. The van der Waals surface area contributed by atoms with Gasteiger partial charge >= 0.3 is 0 Å². The highest BCUT2D eigenvalue weighted by Crippen LogP contribution is 2.28. The summed E-state index contributed by atoms with van der Waals surface area (Å²) in [7, 11) is -3.20. The molecule has 0 spiro atoms. The molecule has 0 N–H and O–H groups in total. The van der Waals surface area contributed by atoms with Gasteiger partial charge in [-0.25, -0.2) is 8.42 Å². The lowest BCUT2D eigenvalue weighted by Crippen LogP contribution is -2.51. The summed E-state index contributed by atoms with van der Waals surface area (Å²) >= 11 is 0. The molecule has 0 aliphatic carbocycles. The molecule has 1 amide bonds. The van der Waals surface area contributed by atoms with Crippen molar-refractivity contribution in [2.24, 2.45) is 5.92 Å². The number of carbonyl (C=O) groups excluding carboxylic acids is 1. The average Bonchev–Trinajstić information content (AvgIpc) is 2.80. The summed E-state index contributed by atoms with van der Waals surface area (Å²) in [6.45, 7) is 4.07. The van der Waals surface area contributed by atoms with Gasteiger partial charge in [0.25, 0.3) is 0 Å². The highest BCUT2D eigenvalue weighted by Gasteiger charge is 2.39. The van der Waals surface area contributed by atoms with Crippen LogP contribution in [0.1, 0.15) is 32.6 Å². The molecule has 18 heavy (non-hydrogen) atoms. The summed E-state index contributed by atoms with van der Waals surface area (Å²) in [5, 5.41) is 0. The predicted molar refractivity (Wildman–Crippen MR) is 69.5 cm³/mol. The standard InChI is InChI=1S/C12H22N2O3S/c1-10-11(12(15)13-7-3-4-8-13)6-5-9-14(10)18(2,16)17/h10-11H,3-9H2,1-2H3/t10-,11-/m1/s1. The van der Waals surface area contributed by atoms with Crippen LogP contribution in [0.4, 0.5) is 0 Å². The highest BCUT2D eigenvalue weighted by atomic mass is 32.2. The number of sulfonamides is 1. The van der Waals surface area contributed by atoms with E-state index >= 15 is 0 Å². The molecule has 0 radical (unpaired) electrons. The lowest BCUT2D eigenvalue weighted by Gasteiger charge is -2.38. The Morgan fingerprint density at radius 1 is 1.11 bits per heavy atom. The fourth-order valence-electron chi connectivity index (χ4n) is 3.08. The van der Waals surface area contributed by atoms with E-state index in [1.165, 1.54) is 10.6 Å². The van der Waals surface area contributed by atoms with Crippen molar-refractivity contribution < 1.29 is 13.2 Å². The van der Waals surface area contributed by atoms with Crippen LogP contribution in [0.25, 0.3) is 0 Å². The van der Waals surface area contributed by atoms with Crippen molar-refractivity contribution in [3.63, 3.8) is 0 Å². The van der Waals surface area contributed by atoms with Crippen molar-refractivity contribution >= 4 is 15.9 Å². The van der Waals surface area contributed by atoms with Crippen LogP contribution in [0.2, 0.25) is 0 Å². The summed E-state index contributed by atoms with van der Waals surface area (Å²) in [6.07, 6.45) is 4.96. The number of carbonyl (C=O) groups is 1. The minimum Gasteiger partial charge on any atom is -0.342 e. The number of hydrogen-bond donors (Lipinski definition) is 0. The Hall–Kier alpha value is -0.620. The van der Waals surface area contributed by atoms with Crippen molar-refractivity contribution in [1.29, 1.82) is 0 Å². The molecule has 6 heteroatoms. The smallest absolute Gasteiger partial charge is 0.227 e. The molecule has 2 saturated heterocycles. The summed E-state index contributed by atoms with van der Waals surface area (Å²) in [4.78, 5) is 14.3. The van der Waals surface area contributed by atoms with Gasteiger partial charge in [0.1, 0.15) is 0 Å². The van der Waals surface area contributed by atoms with E-state index in [1.807, 2.05) is 11.8 Å². The fourth-order valence-corrected chi connectivity index (χ4v) is 4.29. The van der Waals surface area contributed by atoms with Gasteiger partial charge in [0.15, 0.2) is 0 Å². The van der Waals surface area contributed by atoms with E-state index in [2.05, 4.69) is 0 Å². The molecule has 5 nitrogen and oxygen atoms in total. The Balaban J connectivity index is 2.10. The summed E-state index contributed by atoms with van der Waals surface area (Å²) in [5.41, 5.74) is 0. The third-order valence-electron chi connectivity index (χ3n) is 4.09. The van der Waals surface area contributed by atoms with E-state index in [9.17, 15) is 13.2 Å². The summed E-state index contributed by atoms with van der Waals surface area (Å²) in [6, 6.07) is -0.207. The SMILES string of the molecule is C[C@@H]1[C@H](C(=O)N2CCCC2)CCCN1S(C)(=O)=O. The summed E-state index contributed by atoms with van der Waals surface area (Å²) < 4.78 is 24.9. The molecular formula is C12H22N2O3S. The van der Waals surface area contributed by atoms with Gasteiger partial charge in [0.2, 0.25) is 15.9 Å². The molecule has 0 aromatic rings. The van der Waals surface area contributed by atoms with E-state index in [-0.39, 0.29) is 17.9 Å². The number of rotatable bonds is 2. The van der Waals surface area contributed by atoms with E-state index in [0.29, 0.717) is 6.54 Å². The van der Waals surface area contributed by atoms with Crippen molar-refractivity contribution in [2.45, 2.75) is 38.6 Å². The Labute approximate surface area is 109 Å². The first-order chi connectivity index (χ1) is 8.41. The van der Waals surface area contributed by atoms with Crippen LogP contribution < -0.4 is 0 Å². The molecule has 0 bridgehead atoms. The third kappa shape index (κ3) is 2.69. The number of hydrogen-bond acceptors (Lipinski definition) is 3. The molecule has 0 unspecified atom stereocenters. The first-order valence-corrected chi connectivity index (χ1v) is 8.51. The number of likely N-dealkylation sites (tertiary alicyclic amines) is 1. The zero-order chi connectivity index (χ0) is 13.3. The van der Waals surface area contributed by atoms with Gasteiger partial charge in [-0.3, -0.25) is 4.79 Å². The first kappa shape index (κ1) is 13.8. The molecule has 2 aliphatic heterocycles. The van der Waals surface area contributed by atoms with Gasteiger partial charge in [-0.1, -0.05) is 0 Å². The quantitative estimate of drug-likeness (QED) is 0.743. The minimum atomic E-state index is -3.20. The van der Waals surface area contributed by atoms with Crippen LogP contribution in [-0.4, -0.2) is 55.5 Å². The zero-order valence-corrected chi connectivity index (χ0v) is 11.9. The van der Waals surface area contributed by atoms with Gasteiger partial charge < -0.3 is 4.90 Å². The second-order valence-electron chi connectivity index (χ2n) is 5.40. The topological polar surface area (TPSA) is 57.7 Å². The van der Waals surface area contributed by atoms with Crippen LogP contribution in [0, 0.1) is 5.92 Å². The van der Waals surface area contributed by atoms with Crippen molar-refractivity contribution in [3.8, 4) is 0 Å². The number of amides is 1. The van der Waals surface area contributed by atoms with Crippen LogP contribution in [0.15, 0.2) is 0 Å². The van der Waals surface area contributed by atoms with Gasteiger partial charge in [-0.05, 0) is 32.6 Å². The average molecular weight is 274 g/mol. The molecule has 2 fully saturated rings. The van der Waals surface area contributed by atoms with E-state index in [0.717, 1.165) is 38.8 Å². The maximum atomic E-state index is 12.4. The van der Waals surface area contributed by atoms with Crippen LogP contribution in [0.5, 0.6) is 0 Å². The van der Waals surface area contributed by atoms with Crippen LogP contribution in [0.3, 0.4) is 0 Å². The maximum absolute atomic E-state index is 12.4. The Morgan fingerprint density at radius 2 is 1.72 bits per heavy atom. The first-order valence-electron chi connectivity index (χ1n) is 6.67. The molecule has 104 valence electrons. The van der Waals surface area contributed by atoms with Crippen molar-refractivity contribution in [2.75, 3.05) is 25.9 Å². The molecular weight excluding hydrogens is 252 g/mol. The predicted octanol–water partition coefficient (Wildman–Crippen LogP) is 0.669. The number of piperidine rings is 1. The van der Waals surface area contributed by atoms with Crippen LogP contribution in [-0.2, 0) is 14.8 Å². The summed E-state index contributed by atoms with van der Waals surface area (Å²) in [5.74, 6) is -0.0140. The fraction of sp³-hybridized carbons (Fsp3) is 0.917. The normalized spacial score (nSPS) is 30.7. The van der Waals surface area contributed by atoms with Gasteiger partial charge in [-0.2, -0.15) is 4.31 Å². The van der Waals surface area contributed by atoms with E-state index in [1.54, 1.807) is 0 Å². The molecule has 2 atom stereocenters. The Bertz CT molecular complexity index is 415. The lowest BCUT2D eigenvalue weighted by atomic mass is 9.90. The molecule has 2 rings (SSSR count). The molecule has 2 aliphatic rings. The Morgan fingerprint density at radius 3 is 2.28 bits per heavy atom. The van der Waals surface area contributed by atoms with Crippen molar-refractivity contribution in [1.82, 2.24) is 9.21 Å². The third-order valence-corrected chi connectivity index (χ3v) is 5.46. The van der Waals surface area contributed by atoms with Gasteiger partial charge in [0.05, 0.1) is 12.2 Å². The molecule has 0 aromatic heterocycles. The van der Waals surface area contributed by atoms with Crippen LogP contribution >= 0.6 is 0 Å². The highest BCUT2D eigenvalue weighted by molar-refractivity contribution is 7.88. The van der Waals surface area contributed by atoms with Gasteiger partial charge in [0, 0.05) is 25.7 Å². The molecule has 2 heterocycles. The van der Waals surface area contributed by atoms with Gasteiger partial charge in [-0.15, -0.1) is 0 Å². The maximum Gasteiger partial charge on any atom is 0.227 e. The largest absolute Gasteiger partial charge is 0.342 e. The number of nitrogens with zero attached hydrogens (tertiary/aromatic N) is 2. The molecule has 0 aromatic carbocycles. The van der Waals surface area contributed by atoms with E-state index in [4.69, 9.17) is 0 Å². The second kappa shape index (κ2) is 5.17.